The van der Waals surface area contributed by atoms with Crippen LogP contribution in [0, 0.1) is 6.92 Å². The first-order valence-electron chi connectivity index (χ1n) is 6.61. The Bertz CT molecular complexity index is 673. The maximum absolute atomic E-state index is 12.6. The lowest BCUT2D eigenvalue weighted by Gasteiger charge is -2.09. The molecule has 1 aromatic heterocycles. The second-order valence-corrected chi connectivity index (χ2v) is 5.79. The number of aliphatic carboxylic acids is 1. The number of halogens is 1. The molecule has 0 saturated carbocycles. The molecule has 1 aromatic carbocycles. The fraction of sp³-hybridized carbons (Fsp3) is 0.267. The van der Waals surface area contributed by atoms with Crippen molar-refractivity contribution < 1.29 is 19.1 Å². The number of carbonyl (C=O) groups is 2. The summed E-state index contributed by atoms with van der Waals surface area (Å²) in [6, 6.07) is 8.13. The van der Waals surface area contributed by atoms with Crippen LogP contribution < -0.4 is 5.32 Å². The maximum atomic E-state index is 12.6. The first-order valence-corrected chi connectivity index (χ1v) is 7.42. The van der Waals surface area contributed by atoms with Gasteiger partial charge < -0.3 is 10.4 Å². The molecular weight excluding hydrogens is 307 g/mol. The van der Waals surface area contributed by atoms with Crippen molar-refractivity contribution in [1.29, 1.82) is 0 Å². The summed E-state index contributed by atoms with van der Waals surface area (Å²) in [6.45, 7) is 0.515. The lowest BCUT2D eigenvalue weighted by atomic mass is 10.2. The number of carboxylic acids is 1. The molecule has 0 aliphatic heterocycles. The van der Waals surface area contributed by atoms with Gasteiger partial charge in [0.1, 0.15) is 11.6 Å². The largest absolute Gasteiger partial charge is 0.480 e. The van der Waals surface area contributed by atoms with Gasteiger partial charge in [-0.1, -0.05) is 30.3 Å². The molecule has 0 bridgehead atoms. The molecule has 1 amide bonds. The number of rotatable bonds is 6. The highest BCUT2D eigenvalue weighted by atomic mass is 32.1. The van der Waals surface area contributed by atoms with Crippen molar-refractivity contribution in [3.8, 4) is 0 Å². The van der Waals surface area contributed by atoms with Crippen LogP contribution in [0.5, 0.6) is 0 Å². The lowest BCUT2D eigenvalue weighted by Crippen LogP contribution is -2.42. The number of aryl methyl sites for hydroxylation is 1. The van der Waals surface area contributed by atoms with Crippen LogP contribution in [0.3, 0.4) is 0 Å². The van der Waals surface area contributed by atoms with E-state index in [-0.39, 0.29) is 0 Å². The van der Waals surface area contributed by atoms with Gasteiger partial charge in [-0.15, -0.1) is 11.3 Å². The molecule has 0 radical (unpaired) electrons. The van der Waals surface area contributed by atoms with E-state index in [4.69, 9.17) is 5.11 Å². The molecule has 1 heterocycles. The number of thiazole rings is 1. The number of benzene rings is 1. The minimum absolute atomic E-state index is 0.311. The summed E-state index contributed by atoms with van der Waals surface area (Å²) in [4.78, 5) is 27.4. The van der Waals surface area contributed by atoms with Gasteiger partial charge in [-0.2, -0.15) is 0 Å². The van der Waals surface area contributed by atoms with E-state index in [0.717, 1.165) is 10.6 Å². The molecule has 0 aliphatic carbocycles. The molecule has 116 valence electrons. The van der Waals surface area contributed by atoms with Crippen molar-refractivity contribution in [2.45, 2.75) is 19.4 Å². The van der Waals surface area contributed by atoms with Gasteiger partial charge in [0.25, 0.3) is 5.91 Å². The molecule has 5 nitrogen and oxygen atoms in total. The molecule has 1 unspecified atom stereocenters. The Morgan fingerprint density at radius 3 is 2.64 bits per heavy atom. The molecule has 1 atom stereocenters. The van der Waals surface area contributed by atoms with Crippen molar-refractivity contribution in [1.82, 2.24) is 10.3 Å². The van der Waals surface area contributed by atoms with E-state index in [1.807, 2.05) is 30.3 Å². The first-order chi connectivity index (χ1) is 10.5. The van der Waals surface area contributed by atoms with Crippen molar-refractivity contribution in [2.75, 3.05) is 6.67 Å². The van der Waals surface area contributed by atoms with Crippen LogP contribution in [-0.2, 0) is 11.2 Å². The van der Waals surface area contributed by atoms with Gasteiger partial charge in [-0.05, 0) is 12.5 Å². The van der Waals surface area contributed by atoms with Crippen LogP contribution in [-0.4, -0.2) is 34.7 Å². The quantitative estimate of drug-likeness (QED) is 0.854. The van der Waals surface area contributed by atoms with E-state index in [9.17, 15) is 14.0 Å². The highest BCUT2D eigenvalue weighted by Crippen LogP contribution is 2.21. The van der Waals surface area contributed by atoms with Gasteiger partial charge in [-0.3, -0.25) is 4.79 Å². The Morgan fingerprint density at radius 2 is 2.05 bits per heavy atom. The zero-order chi connectivity index (χ0) is 16.1. The van der Waals surface area contributed by atoms with Gasteiger partial charge in [0.2, 0.25) is 0 Å². The zero-order valence-corrected chi connectivity index (χ0v) is 12.7. The molecule has 2 rings (SSSR count). The highest BCUT2D eigenvalue weighted by molar-refractivity contribution is 7.13. The van der Waals surface area contributed by atoms with Crippen molar-refractivity contribution >= 4 is 23.2 Å². The molecule has 22 heavy (non-hydrogen) atoms. The third-order valence-electron chi connectivity index (χ3n) is 3.00. The van der Waals surface area contributed by atoms with E-state index in [1.165, 1.54) is 11.3 Å². The monoisotopic (exact) mass is 322 g/mol. The molecule has 2 aromatic rings. The Hall–Kier alpha value is -2.28. The summed E-state index contributed by atoms with van der Waals surface area (Å²) >= 11 is 1.19. The topological polar surface area (TPSA) is 79.3 Å². The van der Waals surface area contributed by atoms with E-state index >= 15 is 0 Å². The number of hydrogen-bond acceptors (Lipinski definition) is 4. The minimum atomic E-state index is -1.54. The standard InChI is InChI=1S/C15H15FN2O3S/c1-9-13(14(19)18-11(8-16)15(20)21)22-12(17-9)7-10-5-3-2-4-6-10/h2-6,11H,7-8H2,1H3,(H,18,19)(H,20,21). The molecular formula is C15H15FN2O3S. The SMILES string of the molecule is Cc1nc(Cc2ccccc2)sc1C(=O)NC(CF)C(=O)O. The molecule has 0 spiro atoms. The lowest BCUT2D eigenvalue weighted by molar-refractivity contribution is -0.139. The number of aromatic nitrogens is 1. The second kappa shape index (κ2) is 7.13. The normalized spacial score (nSPS) is 11.9. The summed E-state index contributed by atoms with van der Waals surface area (Å²) in [6.07, 6.45) is 0.588. The number of carboxylic acid groups (broad SMARTS) is 1. The molecule has 2 N–H and O–H groups in total. The van der Waals surface area contributed by atoms with Crippen molar-refractivity contribution in [2.24, 2.45) is 0 Å². The Labute approximate surface area is 130 Å². The summed E-state index contributed by atoms with van der Waals surface area (Å²) in [7, 11) is 0. The van der Waals surface area contributed by atoms with Crippen LogP contribution in [0.4, 0.5) is 4.39 Å². The van der Waals surface area contributed by atoms with Crippen LogP contribution in [0.1, 0.15) is 25.9 Å². The van der Waals surface area contributed by atoms with E-state index in [2.05, 4.69) is 10.3 Å². The molecule has 0 saturated heterocycles. The Morgan fingerprint density at radius 1 is 1.36 bits per heavy atom. The third kappa shape index (κ3) is 3.88. The smallest absolute Gasteiger partial charge is 0.328 e. The van der Waals surface area contributed by atoms with Gasteiger partial charge in [0, 0.05) is 6.42 Å². The third-order valence-corrected chi connectivity index (χ3v) is 4.16. The summed E-state index contributed by atoms with van der Waals surface area (Å²) in [5, 5.41) is 11.7. The van der Waals surface area contributed by atoms with E-state index in [0.29, 0.717) is 17.0 Å². The maximum Gasteiger partial charge on any atom is 0.328 e. The fourth-order valence-corrected chi connectivity index (χ4v) is 2.90. The average molecular weight is 322 g/mol. The molecule has 0 fully saturated rings. The number of carbonyl (C=O) groups excluding carboxylic acids is 1. The van der Waals surface area contributed by atoms with Crippen LogP contribution >= 0.6 is 11.3 Å². The van der Waals surface area contributed by atoms with Crippen molar-refractivity contribution in [3.63, 3.8) is 0 Å². The van der Waals surface area contributed by atoms with Crippen LogP contribution in [0.25, 0.3) is 0 Å². The van der Waals surface area contributed by atoms with Gasteiger partial charge in [-0.25, -0.2) is 14.2 Å². The predicted octanol–water partition coefficient (Wildman–Crippen LogP) is 2.19. The minimum Gasteiger partial charge on any atom is -0.480 e. The van der Waals surface area contributed by atoms with Gasteiger partial charge in [0.15, 0.2) is 6.04 Å². The summed E-state index contributed by atoms with van der Waals surface area (Å²) < 4.78 is 12.6. The molecule has 7 heteroatoms. The highest BCUT2D eigenvalue weighted by Gasteiger charge is 2.23. The molecule has 0 aliphatic rings. The van der Waals surface area contributed by atoms with E-state index < -0.39 is 24.6 Å². The number of hydrogen-bond donors (Lipinski definition) is 2. The Balaban J connectivity index is 2.12. The Kier molecular flexibility index (Phi) is 5.21. The van der Waals surface area contributed by atoms with Crippen molar-refractivity contribution in [3.05, 3.63) is 51.5 Å². The van der Waals surface area contributed by atoms with E-state index in [1.54, 1.807) is 6.92 Å². The summed E-state index contributed by atoms with van der Waals surface area (Å²) in [5.74, 6) is -2.01. The van der Waals surface area contributed by atoms with Crippen LogP contribution in [0.2, 0.25) is 0 Å². The number of alkyl halides is 1. The number of amides is 1. The number of nitrogens with one attached hydrogen (secondary N) is 1. The zero-order valence-electron chi connectivity index (χ0n) is 11.9. The second-order valence-electron chi connectivity index (χ2n) is 4.70. The summed E-state index contributed by atoms with van der Waals surface area (Å²) in [5.41, 5.74) is 1.58. The van der Waals surface area contributed by atoms with Gasteiger partial charge in [0.05, 0.1) is 10.7 Å². The van der Waals surface area contributed by atoms with Crippen LogP contribution in [0.15, 0.2) is 30.3 Å². The number of nitrogens with zero attached hydrogens (tertiary/aromatic N) is 1. The first kappa shape index (κ1) is 16.1. The predicted molar refractivity (Wildman–Crippen MR) is 81.0 cm³/mol. The fourth-order valence-electron chi connectivity index (χ4n) is 1.90. The average Bonchev–Trinajstić information content (AvgIpc) is 2.86. The van der Waals surface area contributed by atoms with Gasteiger partial charge >= 0.3 is 5.97 Å².